The molecule has 1 N–H and O–H groups in total. The Morgan fingerprint density at radius 1 is 1.00 bits per heavy atom. The first-order chi connectivity index (χ1) is 14.5. The van der Waals surface area contributed by atoms with Gasteiger partial charge in [0.25, 0.3) is 0 Å². The molecule has 1 saturated heterocycles. The Labute approximate surface area is 179 Å². The van der Waals surface area contributed by atoms with Crippen LogP contribution in [0.25, 0.3) is 11.1 Å². The van der Waals surface area contributed by atoms with Gasteiger partial charge in [0.05, 0.1) is 5.56 Å². The zero-order chi connectivity index (χ0) is 21.1. The van der Waals surface area contributed by atoms with Crippen LogP contribution >= 0.6 is 0 Å². The van der Waals surface area contributed by atoms with Crippen LogP contribution in [0.3, 0.4) is 0 Å². The molecule has 1 aliphatic heterocycles. The van der Waals surface area contributed by atoms with E-state index in [2.05, 4.69) is 73.3 Å². The van der Waals surface area contributed by atoms with Crippen LogP contribution in [0.1, 0.15) is 41.8 Å². The molecule has 154 valence electrons. The number of carbonyl (C=O) groups is 1. The van der Waals surface area contributed by atoms with Crippen LogP contribution in [0.4, 0.5) is 0 Å². The normalized spacial score (nSPS) is 22.0. The van der Waals surface area contributed by atoms with E-state index in [1.807, 2.05) is 18.2 Å². The Morgan fingerprint density at radius 3 is 2.37 bits per heavy atom. The molecular formula is C27H29NO2. The van der Waals surface area contributed by atoms with Gasteiger partial charge in [-0.25, -0.2) is 4.79 Å². The Bertz CT molecular complexity index is 1010. The van der Waals surface area contributed by atoms with Crippen molar-refractivity contribution in [2.75, 3.05) is 13.1 Å². The molecule has 0 unspecified atom stereocenters. The van der Waals surface area contributed by atoms with Crippen molar-refractivity contribution in [3.05, 3.63) is 95.6 Å². The maximum atomic E-state index is 11.4. The fraction of sp³-hybridized carbons (Fsp3) is 0.296. The Hall–Kier alpha value is -2.91. The van der Waals surface area contributed by atoms with Crippen molar-refractivity contribution in [3.63, 3.8) is 0 Å². The average molecular weight is 400 g/mol. The molecule has 1 heterocycles. The van der Waals surface area contributed by atoms with Gasteiger partial charge >= 0.3 is 5.97 Å². The molecule has 30 heavy (non-hydrogen) atoms. The number of benzene rings is 3. The molecule has 0 bridgehead atoms. The third kappa shape index (κ3) is 4.17. The maximum absolute atomic E-state index is 11.4. The van der Waals surface area contributed by atoms with Gasteiger partial charge in [-0.3, -0.25) is 4.90 Å². The Morgan fingerprint density at radius 2 is 1.70 bits per heavy atom. The third-order valence-electron chi connectivity index (χ3n) is 6.80. The minimum Gasteiger partial charge on any atom is -0.478 e. The molecule has 0 saturated carbocycles. The van der Waals surface area contributed by atoms with Crippen molar-refractivity contribution < 1.29 is 9.90 Å². The van der Waals surface area contributed by atoms with E-state index < -0.39 is 5.97 Å². The molecule has 0 spiro atoms. The number of hydrogen-bond acceptors (Lipinski definition) is 2. The number of hydrogen-bond donors (Lipinski definition) is 1. The summed E-state index contributed by atoms with van der Waals surface area (Å²) in [7, 11) is 0. The number of nitrogens with zero attached hydrogens (tertiary/aromatic N) is 1. The number of aromatic carboxylic acids is 1. The highest BCUT2D eigenvalue weighted by Gasteiger charge is 2.38. The van der Waals surface area contributed by atoms with Crippen LogP contribution in [-0.2, 0) is 12.0 Å². The standard InChI is InChI=1S/C27H29NO2/c1-20-18-28(16-15-27(20,2)25-10-6-9-24(17-25)26(29)30)19-21-11-13-23(14-12-21)22-7-4-3-5-8-22/h3-14,17,20H,15-16,18-19H2,1-2H3,(H,29,30)/t20-,27+/m0/s1. The van der Waals surface area contributed by atoms with Crippen molar-refractivity contribution in [3.8, 4) is 11.1 Å². The predicted molar refractivity (Wildman–Crippen MR) is 122 cm³/mol. The SMILES string of the molecule is C[C@H]1CN(Cc2ccc(-c3ccccc3)cc2)CC[C@@]1(C)c1cccc(C(=O)O)c1. The van der Waals surface area contributed by atoms with Crippen molar-refractivity contribution in [1.29, 1.82) is 0 Å². The first kappa shape index (κ1) is 20.4. The van der Waals surface area contributed by atoms with Crippen molar-refractivity contribution in [2.45, 2.75) is 32.2 Å². The highest BCUT2D eigenvalue weighted by molar-refractivity contribution is 5.87. The topological polar surface area (TPSA) is 40.5 Å². The lowest BCUT2D eigenvalue weighted by molar-refractivity contribution is 0.0696. The van der Waals surface area contributed by atoms with E-state index in [0.717, 1.165) is 31.6 Å². The monoisotopic (exact) mass is 399 g/mol. The van der Waals surface area contributed by atoms with E-state index >= 15 is 0 Å². The minimum atomic E-state index is -0.857. The summed E-state index contributed by atoms with van der Waals surface area (Å²) in [6.45, 7) is 7.54. The number of carboxylic acids is 1. The van der Waals surface area contributed by atoms with Gasteiger partial charge in [-0.05, 0) is 58.7 Å². The van der Waals surface area contributed by atoms with Crippen LogP contribution in [0.2, 0.25) is 0 Å². The molecule has 3 aromatic carbocycles. The predicted octanol–water partition coefficient (Wildman–Crippen LogP) is 5.85. The second-order valence-electron chi connectivity index (χ2n) is 8.75. The molecule has 1 aliphatic rings. The molecule has 1 fully saturated rings. The summed E-state index contributed by atoms with van der Waals surface area (Å²) in [6.07, 6.45) is 1.03. The van der Waals surface area contributed by atoms with Gasteiger partial charge in [0.2, 0.25) is 0 Å². The van der Waals surface area contributed by atoms with E-state index in [9.17, 15) is 9.90 Å². The fourth-order valence-corrected chi connectivity index (χ4v) is 4.59. The van der Waals surface area contributed by atoms with E-state index in [-0.39, 0.29) is 5.41 Å². The van der Waals surface area contributed by atoms with Gasteiger partial charge in [-0.2, -0.15) is 0 Å². The largest absolute Gasteiger partial charge is 0.478 e. The average Bonchev–Trinajstić information content (AvgIpc) is 2.77. The first-order valence-electron chi connectivity index (χ1n) is 10.7. The summed E-state index contributed by atoms with van der Waals surface area (Å²) in [6, 6.07) is 26.8. The van der Waals surface area contributed by atoms with Gasteiger partial charge in [0.1, 0.15) is 0 Å². The molecule has 4 rings (SSSR count). The number of rotatable bonds is 5. The Kier molecular flexibility index (Phi) is 5.74. The summed E-state index contributed by atoms with van der Waals surface area (Å²) in [4.78, 5) is 13.9. The van der Waals surface area contributed by atoms with E-state index in [1.165, 1.54) is 16.7 Å². The summed E-state index contributed by atoms with van der Waals surface area (Å²) >= 11 is 0. The van der Waals surface area contributed by atoms with E-state index in [0.29, 0.717) is 11.5 Å². The van der Waals surface area contributed by atoms with Gasteiger partial charge in [0.15, 0.2) is 0 Å². The van der Waals surface area contributed by atoms with Crippen LogP contribution < -0.4 is 0 Å². The number of likely N-dealkylation sites (tertiary alicyclic amines) is 1. The second kappa shape index (κ2) is 8.45. The smallest absolute Gasteiger partial charge is 0.335 e. The highest BCUT2D eigenvalue weighted by atomic mass is 16.4. The molecule has 3 heteroatoms. The molecule has 3 aromatic rings. The Balaban J connectivity index is 1.43. The van der Waals surface area contributed by atoms with Crippen molar-refractivity contribution in [2.24, 2.45) is 5.92 Å². The summed E-state index contributed by atoms with van der Waals surface area (Å²) < 4.78 is 0. The van der Waals surface area contributed by atoms with Gasteiger partial charge < -0.3 is 5.11 Å². The van der Waals surface area contributed by atoms with Crippen molar-refractivity contribution >= 4 is 5.97 Å². The summed E-state index contributed by atoms with van der Waals surface area (Å²) in [5.74, 6) is -0.414. The van der Waals surface area contributed by atoms with E-state index in [4.69, 9.17) is 0 Å². The van der Waals surface area contributed by atoms with Crippen LogP contribution in [0.15, 0.2) is 78.9 Å². The molecule has 0 amide bonds. The lowest BCUT2D eigenvalue weighted by Crippen LogP contribution is -2.47. The third-order valence-corrected chi connectivity index (χ3v) is 6.80. The van der Waals surface area contributed by atoms with Crippen LogP contribution in [-0.4, -0.2) is 29.1 Å². The summed E-state index contributed by atoms with van der Waals surface area (Å²) in [5, 5.41) is 9.35. The lowest BCUT2D eigenvalue weighted by Gasteiger charge is -2.45. The fourth-order valence-electron chi connectivity index (χ4n) is 4.59. The van der Waals surface area contributed by atoms with Gasteiger partial charge in [0, 0.05) is 13.1 Å². The quantitative estimate of drug-likeness (QED) is 0.585. The molecule has 0 aromatic heterocycles. The highest BCUT2D eigenvalue weighted by Crippen LogP contribution is 2.40. The number of piperidine rings is 1. The zero-order valence-corrected chi connectivity index (χ0v) is 17.7. The van der Waals surface area contributed by atoms with Gasteiger partial charge in [-0.1, -0.05) is 80.6 Å². The minimum absolute atomic E-state index is 0.000866. The van der Waals surface area contributed by atoms with Crippen LogP contribution in [0.5, 0.6) is 0 Å². The maximum Gasteiger partial charge on any atom is 0.335 e. The molecule has 3 nitrogen and oxygen atoms in total. The molecule has 0 aliphatic carbocycles. The molecule has 2 atom stereocenters. The van der Waals surface area contributed by atoms with E-state index in [1.54, 1.807) is 6.07 Å². The first-order valence-corrected chi connectivity index (χ1v) is 10.7. The molecular weight excluding hydrogens is 370 g/mol. The summed E-state index contributed by atoms with van der Waals surface area (Å²) in [5.41, 5.74) is 5.34. The lowest BCUT2D eigenvalue weighted by atomic mass is 9.68. The number of carboxylic acid groups (broad SMARTS) is 1. The van der Waals surface area contributed by atoms with Crippen LogP contribution in [0, 0.1) is 5.92 Å². The zero-order valence-electron chi connectivity index (χ0n) is 17.7. The second-order valence-corrected chi connectivity index (χ2v) is 8.75. The molecule has 0 radical (unpaired) electrons. The van der Waals surface area contributed by atoms with Gasteiger partial charge in [-0.15, -0.1) is 0 Å². The van der Waals surface area contributed by atoms with Crippen molar-refractivity contribution in [1.82, 2.24) is 4.90 Å².